The largest absolute Gasteiger partial charge is 0.478 e. The van der Waals surface area contributed by atoms with Gasteiger partial charge in [-0.3, -0.25) is 4.79 Å². The molecule has 0 bridgehead atoms. The lowest BCUT2D eigenvalue weighted by Gasteiger charge is -2.34. The van der Waals surface area contributed by atoms with Crippen molar-refractivity contribution in [2.75, 3.05) is 20.3 Å². The number of allylic oxidation sites excluding steroid dienone is 1. The molecule has 11 heteroatoms. The molecule has 0 aliphatic carbocycles. The van der Waals surface area contributed by atoms with Crippen LogP contribution in [0.1, 0.15) is 35.8 Å². The highest BCUT2D eigenvalue weighted by atomic mass is 35.5. The van der Waals surface area contributed by atoms with Crippen molar-refractivity contribution in [2.24, 2.45) is 0 Å². The fourth-order valence-electron chi connectivity index (χ4n) is 4.81. The summed E-state index contributed by atoms with van der Waals surface area (Å²) >= 11 is 12.9. The minimum Gasteiger partial charge on any atom is -0.478 e. The summed E-state index contributed by atoms with van der Waals surface area (Å²) in [6, 6.07) is 13.8. The smallest absolute Gasteiger partial charge is 0.334 e. The third-order valence-corrected chi connectivity index (χ3v) is 7.11. The Hall–Kier alpha value is -3.37. The molecule has 2 aromatic carbocycles. The van der Waals surface area contributed by atoms with Gasteiger partial charge in [0.25, 0.3) is 0 Å². The number of carbonyl (C=O) groups excluding carboxylic acids is 1. The van der Waals surface area contributed by atoms with Gasteiger partial charge in [0.2, 0.25) is 0 Å². The molecule has 0 amide bonds. The molecule has 1 fully saturated rings. The lowest BCUT2D eigenvalue weighted by atomic mass is 9.77. The first-order valence-corrected chi connectivity index (χ1v) is 12.5. The molecule has 2 unspecified atom stereocenters. The Morgan fingerprint density at radius 2 is 1.53 bits per heavy atom. The van der Waals surface area contributed by atoms with Gasteiger partial charge in [0.1, 0.15) is 0 Å². The molecular weight excluding hydrogens is 537 g/mol. The number of halogens is 2. The monoisotopic (exact) mass is 561 g/mol. The van der Waals surface area contributed by atoms with Crippen LogP contribution in [0.3, 0.4) is 0 Å². The molecule has 0 spiro atoms. The summed E-state index contributed by atoms with van der Waals surface area (Å²) in [5.74, 6) is -5.36. The zero-order valence-electron chi connectivity index (χ0n) is 20.3. The average Bonchev–Trinajstić information content (AvgIpc) is 3.41. The standard InChI is InChI=1S/C27H25Cl2NO8/c1-36-20(31)13-19-23(26(34)35)24(21-16(28)8-5-9-17(21)29)22(25(32)33)18(30-19)12-15(27-37-10-11-38-27)14-6-3-2-4-7-14/h2-9,15,24,27,30H,10-13H2,1H3,(H,32,33)(H,34,35). The van der Waals surface area contributed by atoms with Gasteiger partial charge in [-0.15, -0.1) is 0 Å². The predicted octanol–water partition coefficient (Wildman–Crippen LogP) is 4.47. The molecule has 9 nitrogen and oxygen atoms in total. The molecule has 0 aromatic heterocycles. The summed E-state index contributed by atoms with van der Waals surface area (Å²) in [5.41, 5.74) is 0.465. The highest BCUT2D eigenvalue weighted by Gasteiger charge is 2.42. The maximum atomic E-state index is 12.8. The van der Waals surface area contributed by atoms with Crippen LogP contribution < -0.4 is 5.32 Å². The van der Waals surface area contributed by atoms with E-state index in [1.165, 1.54) is 19.2 Å². The number of carbonyl (C=O) groups is 3. The third kappa shape index (κ3) is 5.71. The number of dihydropyridines is 1. The van der Waals surface area contributed by atoms with E-state index in [1.807, 2.05) is 30.3 Å². The number of carboxylic acids is 2. The number of esters is 1. The second-order valence-electron chi connectivity index (χ2n) is 8.67. The molecule has 4 rings (SSSR count). The molecule has 2 aromatic rings. The van der Waals surface area contributed by atoms with Crippen LogP contribution in [0.15, 0.2) is 71.1 Å². The van der Waals surface area contributed by atoms with E-state index in [1.54, 1.807) is 6.07 Å². The number of carboxylic acid groups (broad SMARTS) is 2. The van der Waals surface area contributed by atoms with Gasteiger partial charge in [-0.2, -0.15) is 0 Å². The number of ether oxygens (including phenoxy) is 3. The number of hydrogen-bond donors (Lipinski definition) is 3. The number of benzene rings is 2. The van der Waals surface area contributed by atoms with Crippen molar-refractivity contribution in [1.29, 1.82) is 0 Å². The number of hydrogen-bond acceptors (Lipinski definition) is 7. The molecule has 38 heavy (non-hydrogen) atoms. The molecule has 2 aliphatic rings. The Morgan fingerprint density at radius 3 is 2.08 bits per heavy atom. The van der Waals surface area contributed by atoms with E-state index in [2.05, 4.69) is 5.32 Å². The molecule has 0 saturated carbocycles. The van der Waals surface area contributed by atoms with Crippen molar-refractivity contribution >= 4 is 41.1 Å². The Morgan fingerprint density at radius 1 is 0.947 bits per heavy atom. The highest BCUT2D eigenvalue weighted by molar-refractivity contribution is 6.36. The van der Waals surface area contributed by atoms with Gasteiger partial charge in [-0.05, 0) is 24.1 Å². The number of rotatable bonds is 9. The molecule has 1 saturated heterocycles. The topological polar surface area (TPSA) is 131 Å². The minimum absolute atomic E-state index is 0.0228. The number of aliphatic carboxylic acids is 2. The van der Waals surface area contributed by atoms with Crippen LogP contribution in [0.4, 0.5) is 0 Å². The average molecular weight is 562 g/mol. The van der Waals surface area contributed by atoms with Crippen LogP contribution in [-0.2, 0) is 28.6 Å². The summed E-state index contributed by atoms with van der Waals surface area (Å²) in [7, 11) is 1.17. The molecule has 3 N–H and O–H groups in total. The second-order valence-corrected chi connectivity index (χ2v) is 9.49. The van der Waals surface area contributed by atoms with Gasteiger partial charge in [0.05, 0.1) is 43.8 Å². The summed E-state index contributed by atoms with van der Waals surface area (Å²) in [6.45, 7) is 0.752. The summed E-state index contributed by atoms with van der Waals surface area (Å²) < 4.78 is 16.3. The normalized spacial score (nSPS) is 18.8. The van der Waals surface area contributed by atoms with E-state index in [9.17, 15) is 24.6 Å². The van der Waals surface area contributed by atoms with E-state index in [0.717, 1.165) is 5.56 Å². The maximum Gasteiger partial charge on any atom is 0.334 e. The Kier molecular flexibility index (Phi) is 8.73. The zero-order valence-corrected chi connectivity index (χ0v) is 21.8. The zero-order chi connectivity index (χ0) is 27.4. The van der Waals surface area contributed by atoms with Crippen molar-refractivity contribution in [1.82, 2.24) is 5.32 Å². The van der Waals surface area contributed by atoms with Gasteiger partial charge in [-0.1, -0.05) is 59.6 Å². The van der Waals surface area contributed by atoms with Gasteiger partial charge in [-0.25, -0.2) is 9.59 Å². The Balaban J connectivity index is 1.94. The van der Waals surface area contributed by atoms with E-state index in [0.29, 0.717) is 13.2 Å². The van der Waals surface area contributed by atoms with Crippen molar-refractivity contribution < 1.29 is 38.8 Å². The minimum atomic E-state index is -1.43. The summed E-state index contributed by atoms with van der Waals surface area (Å²) in [4.78, 5) is 37.7. The second kappa shape index (κ2) is 12.0. The molecule has 0 radical (unpaired) electrons. The van der Waals surface area contributed by atoms with E-state index in [4.69, 9.17) is 37.4 Å². The molecule has 2 atom stereocenters. The van der Waals surface area contributed by atoms with Crippen LogP contribution in [0.5, 0.6) is 0 Å². The molecular formula is C27H25Cl2NO8. The first-order chi connectivity index (χ1) is 18.2. The van der Waals surface area contributed by atoms with Gasteiger partial charge in [0.15, 0.2) is 6.29 Å². The van der Waals surface area contributed by atoms with Gasteiger partial charge >= 0.3 is 17.9 Å². The molecule has 2 heterocycles. The Bertz CT molecular complexity index is 1280. The third-order valence-electron chi connectivity index (χ3n) is 6.46. The fourth-order valence-corrected chi connectivity index (χ4v) is 5.42. The first kappa shape index (κ1) is 27.7. The van der Waals surface area contributed by atoms with E-state index < -0.39 is 42.5 Å². The number of nitrogens with one attached hydrogen (secondary N) is 1. The number of methoxy groups -OCH3 is 1. The van der Waals surface area contributed by atoms with Crippen molar-refractivity contribution in [3.63, 3.8) is 0 Å². The fraction of sp³-hybridized carbons (Fsp3) is 0.296. The van der Waals surface area contributed by atoms with Crippen LogP contribution >= 0.6 is 23.2 Å². The van der Waals surface area contributed by atoms with E-state index in [-0.39, 0.29) is 44.6 Å². The lowest BCUT2D eigenvalue weighted by molar-refractivity contribution is -0.139. The first-order valence-electron chi connectivity index (χ1n) is 11.7. The van der Waals surface area contributed by atoms with Crippen molar-refractivity contribution in [3.8, 4) is 0 Å². The van der Waals surface area contributed by atoms with Gasteiger partial charge in [0, 0.05) is 32.9 Å². The quantitative estimate of drug-likeness (QED) is 0.379. The van der Waals surface area contributed by atoms with Crippen LogP contribution in [0.25, 0.3) is 0 Å². The maximum absolute atomic E-state index is 12.8. The predicted molar refractivity (Wildman–Crippen MR) is 138 cm³/mol. The van der Waals surface area contributed by atoms with Crippen LogP contribution in [0, 0.1) is 0 Å². The SMILES string of the molecule is COC(=O)CC1=C(C(=O)O)C(c2c(Cl)cccc2Cl)C(C(=O)O)=C(CC(c2ccccc2)C2OCCO2)N1. The van der Waals surface area contributed by atoms with E-state index >= 15 is 0 Å². The van der Waals surface area contributed by atoms with Crippen molar-refractivity contribution in [2.45, 2.75) is 31.0 Å². The lowest BCUT2D eigenvalue weighted by Crippen LogP contribution is -2.35. The van der Waals surface area contributed by atoms with Gasteiger partial charge < -0.3 is 29.7 Å². The summed E-state index contributed by atoms with van der Waals surface area (Å²) in [6.07, 6.45) is -1.05. The van der Waals surface area contributed by atoms with Crippen LogP contribution in [0.2, 0.25) is 10.0 Å². The Labute approximate surface area is 228 Å². The van der Waals surface area contributed by atoms with Crippen LogP contribution in [-0.4, -0.2) is 54.7 Å². The summed E-state index contributed by atoms with van der Waals surface area (Å²) in [5, 5.41) is 23.8. The highest BCUT2D eigenvalue weighted by Crippen LogP contribution is 2.46. The molecule has 200 valence electrons. The molecule has 2 aliphatic heterocycles. The van der Waals surface area contributed by atoms with Crippen molar-refractivity contribution in [3.05, 3.63) is 92.2 Å².